The number of nitrogens with zero attached hydrogens (tertiary/aromatic N) is 1. The number of aromatic amines is 1. The van der Waals surface area contributed by atoms with E-state index in [1.165, 1.54) is 0 Å². The van der Waals surface area contributed by atoms with E-state index in [1.54, 1.807) is 0 Å². The first-order valence-electron chi connectivity index (χ1n) is 2.57. The molecule has 3 heteroatoms. The molecule has 0 aromatic carbocycles. The van der Waals surface area contributed by atoms with Crippen LogP contribution in [0.3, 0.4) is 0 Å². The standard InChI is InChI=1S/C5H9N3/c1-6-4-5-2-3-7-8-5/h2-3,6H,4H2,1H3,(H,7,8). The fraction of sp³-hybridized carbons (Fsp3) is 0.400. The molecule has 0 spiro atoms. The molecule has 0 aliphatic heterocycles. The van der Waals surface area contributed by atoms with Gasteiger partial charge in [-0.05, 0) is 13.1 Å². The maximum absolute atomic E-state index is 3.92. The van der Waals surface area contributed by atoms with Crippen molar-refractivity contribution >= 4 is 0 Å². The first-order valence-corrected chi connectivity index (χ1v) is 2.57. The van der Waals surface area contributed by atoms with Gasteiger partial charge in [0.15, 0.2) is 0 Å². The second-order valence-electron chi connectivity index (χ2n) is 1.60. The van der Waals surface area contributed by atoms with Crippen molar-refractivity contribution in [2.45, 2.75) is 6.54 Å². The van der Waals surface area contributed by atoms with Gasteiger partial charge in [0.1, 0.15) is 0 Å². The Bertz CT molecular complexity index is 133. The first-order chi connectivity index (χ1) is 3.93. The molecule has 1 aromatic rings. The molecule has 0 amide bonds. The van der Waals surface area contributed by atoms with Gasteiger partial charge < -0.3 is 5.32 Å². The Hall–Kier alpha value is -0.830. The number of aromatic nitrogens is 2. The predicted octanol–water partition coefficient (Wildman–Crippen LogP) is 0.129. The van der Waals surface area contributed by atoms with Gasteiger partial charge >= 0.3 is 0 Å². The maximum Gasteiger partial charge on any atom is 0.0759 e. The molecule has 0 saturated carbocycles. The molecule has 0 atom stereocenters. The number of hydrogen-bond donors (Lipinski definition) is 2. The summed E-state index contributed by atoms with van der Waals surface area (Å²) >= 11 is 0. The van der Waals surface area contributed by atoms with Crippen LogP contribution >= 0.6 is 0 Å². The average molecular weight is 111 g/mol. The lowest BCUT2D eigenvalue weighted by Gasteiger charge is -1.88. The van der Waals surface area contributed by atoms with E-state index in [2.05, 4.69) is 15.5 Å². The van der Waals surface area contributed by atoms with Crippen molar-refractivity contribution in [1.29, 1.82) is 0 Å². The molecular formula is C5H9N3. The highest BCUT2D eigenvalue weighted by molar-refractivity contribution is 4.95. The summed E-state index contributed by atoms with van der Waals surface area (Å²) in [4.78, 5) is 0. The fourth-order valence-corrected chi connectivity index (χ4v) is 0.570. The van der Waals surface area contributed by atoms with Crippen molar-refractivity contribution in [2.24, 2.45) is 0 Å². The Kier molecular flexibility index (Phi) is 1.64. The van der Waals surface area contributed by atoms with Gasteiger partial charge in [-0.15, -0.1) is 0 Å². The van der Waals surface area contributed by atoms with Crippen LogP contribution < -0.4 is 5.32 Å². The van der Waals surface area contributed by atoms with Gasteiger partial charge in [0.05, 0.1) is 5.69 Å². The van der Waals surface area contributed by atoms with E-state index in [0.29, 0.717) is 0 Å². The molecule has 1 aromatic heterocycles. The molecule has 0 radical (unpaired) electrons. The molecule has 0 fully saturated rings. The highest BCUT2D eigenvalue weighted by Gasteiger charge is 1.87. The second kappa shape index (κ2) is 2.47. The molecule has 8 heavy (non-hydrogen) atoms. The largest absolute Gasteiger partial charge is 0.314 e. The molecule has 0 saturated heterocycles. The Morgan fingerprint density at radius 3 is 3.25 bits per heavy atom. The minimum Gasteiger partial charge on any atom is -0.314 e. The van der Waals surface area contributed by atoms with E-state index in [1.807, 2.05) is 19.3 Å². The summed E-state index contributed by atoms with van der Waals surface area (Å²) in [5.41, 5.74) is 1.05. The zero-order chi connectivity index (χ0) is 5.82. The fourth-order valence-electron chi connectivity index (χ4n) is 0.570. The lowest BCUT2D eigenvalue weighted by Crippen LogP contribution is -2.04. The van der Waals surface area contributed by atoms with E-state index < -0.39 is 0 Å². The van der Waals surface area contributed by atoms with Crippen LogP contribution in [0.5, 0.6) is 0 Å². The molecule has 44 valence electrons. The highest BCUT2D eigenvalue weighted by atomic mass is 15.1. The van der Waals surface area contributed by atoms with Crippen LogP contribution in [0.1, 0.15) is 5.69 Å². The van der Waals surface area contributed by atoms with Gasteiger partial charge in [-0.3, -0.25) is 5.10 Å². The summed E-state index contributed by atoms with van der Waals surface area (Å²) in [5.74, 6) is 0. The molecule has 0 bridgehead atoms. The van der Waals surface area contributed by atoms with Crippen molar-refractivity contribution in [2.75, 3.05) is 7.05 Å². The van der Waals surface area contributed by atoms with Gasteiger partial charge in [-0.2, -0.15) is 5.10 Å². The van der Waals surface area contributed by atoms with Crippen LogP contribution in [0.2, 0.25) is 0 Å². The van der Waals surface area contributed by atoms with Crippen molar-refractivity contribution < 1.29 is 0 Å². The third-order valence-corrected chi connectivity index (χ3v) is 0.916. The van der Waals surface area contributed by atoms with E-state index in [0.717, 1.165) is 12.2 Å². The number of nitrogens with one attached hydrogen (secondary N) is 2. The van der Waals surface area contributed by atoms with E-state index in [9.17, 15) is 0 Å². The minimum atomic E-state index is 0.837. The van der Waals surface area contributed by atoms with Gasteiger partial charge in [0.25, 0.3) is 0 Å². The number of hydrogen-bond acceptors (Lipinski definition) is 2. The molecular weight excluding hydrogens is 102 g/mol. The normalized spacial score (nSPS) is 9.62. The first kappa shape index (κ1) is 5.31. The van der Waals surface area contributed by atoms with Crippen LogP contribution in [0, 0.1) is 0 Å². The third kappa shape index (κ3) is 1.07. The summed E-state index contributed by atoms with van der Waals surface area (Å²) in [6.07, 6.45) is 1.81. The second-order valence-corrected chi connectivity index (χ2v) is 1.60. The van der Waals surface area contributed by atoms with E-state index in [4.69, 9.17) is 0 Å². The molecule has 1 rings (SSSR count). The minimum absolute atomic E-state index is 0.837. The Morgan fingerprint density at radius 2 is 2.75 bits per heavy atom. The summed E-state index contributed by atoms with van der Waals surface area (Å²) in [6, 6.07) is 1.94. The van der Waals surface area contributed by atoms with Crippen LogP contribution in [-0.4, -0.2) is 17.2 Å². The topological polar surface area (TPSA) is 40.7 Å². The summed E-state index contributed by atoms with van der Waals surface area (Å²) in [7, 11) is 1.90. The maximum atomic E-state index is 3.92. The van der Waals surface area contributed by atoms with Crippen molar-refractivity contribution in [1.82, 2.24) is 15.5 Å². The lowest BCUT2D eigenvalue weighted by molar-refractivity contribution is 0.784. The SMILES string of the molecule is CNCc1cc[nH]n1. The number of rotatable bonds is 2. The Labute approximate surface area is 48.1 Å². The Balaban J connectivity index is 2.50. The van der Waals surface area contributed by atoms with Crippen LogP contribution in [-0.2, 0) is 6.54 Å². The van der Waals surface area contributed by atoms with Crippen LogP contribution in [0.4, 0.5) is 0 Å². The summed E-state index contributed by atoms with van der Waals surface area (Å²) < 4.78 is 0. The van der Waals surface area contributed by atoms with Gasteiger partial charge in [0.2, 0.25) is 0 Å². The van der Waals surface area contributed by atoms with Gasteiger partial charge in [0, 0.05) is 12.7 Å². The summed E-state index contributed by atoms with van der Waals surface area (Å²) in [5, 5.41) is 9.63. The number of H-pyrrole nitrogens is 1. The molecule has 2 N–H and O–H groups in total. The van der Waals surface area contributed by atoms with E-state index >= 15 is 0 Å². The zero-order valence-electron chi connectivity index (χ0n) is 4.81. The molecule has 1 heterocycles. The zero-order valence-corrected chi connectivity index (χ0v) is 4.81. The van der Waals surface area contributed by atoms with Crippen LogP contribution in [0.15, 0.2) is 12.3 Å². The van der Waals surface area contributed by atoms with Crippen molar-refractivity contribution in [3.05, 3.63) is 18.0 Å². The molecule has 0 aliphatic carbocycles. The molecule has 3 nitrogen and oxygen atoms in total. The van der Waals surface area contributed by atoms with E-state index in [-0.39, 0.29) is 0 Å². The lowest BCUT2D eigenvalue weighted by atomic mass is 10.4. The quantitative estimate of drug-likeness (QED) is 0.569. The smallest absolute Gasteiger partial charge is 0.0759 e. The third-order valence-electron chi connectivity index (χ3n) is 0.916. The summed E-state index contributed by atoms with van der Waals surface area (Å²) in [6.45, 7) is 0.837. The van der Waals surface area contributed by atoms with Crippen LogP contribution in [0.25, 0.3) is 0 Å². The van der Waals surface area contributed by atoms with Gasteiger partial charge in [-0.25, -0.2) is 0 Å². The van der Waals surface area contributed by atoms with Crippen molar-refractivity contribution in [3.8, 4) is 0 Å². The monoisotopic (exact) mass is 111 g/mol. The highest BCUT2D eigenvalue weighted by Crippen LogP contribution is 1.87. The Morgan fingerprint density at radius 1 is 1.88 bits per heavy atom. The molecule has 0 unspecified atom stereocenters. The predicted molar refractivity (Wildman–Crippen MR) is 31.4 cm³/mol. The average Bonchev–Trinajstić information content (AvgIpc) is 2.19. The van der Waals surface area contributed by atoms with Gasteiger partial charge in [-0.1, -0.05) is 0 Å². The molecule has 0 aliphatic rings. The van der Waals surface area contributed by atoms with Crippen molar-refractivity contribution in [3.63, 3.8) is 0 Å².